The fraction of sp³-hybridized carbons (Fsp3) is 0.0455. The van der Waals surface area contributed by atoms with Crippen LogP contribution in [-0.2, 0) is 0 Å². The van der Waals surface area contributed by atoms with Gasteiger partial charge in [0.25, 0.3) is 0 Å². The summed E-state index contributed by atoms with van der Waals surface area (Å²) in [6, 6.07) is 12.0. The minimum atomic E-state index is -2.85. The number of rotatable bonds is 6. The lowest BCUT2D eigenvalue weighted by Crippen LogP contribution is -2.02. The highest BCUT2D eigenvalue weighted by molar-refractivity contribution is 5.80. The molecular weight excluding hydrogens is 388 g/mol. The van der Waals surface area contributed by atoms with E-state index in [1.807, 2.05) is 47.0 Å². The Kier molecular flexibility index (Phi) is 4.44. The predicted octanol–water partition coefficient (Wildman–Crippen LogP) is 5.09. The van der Waals surface area contributed by atoms with E-state index in [-0.39, 0.29) is 5.75 Å². The highest BCUT2D eigenvalue weighted by Crippen LogP contribution is 2.26. The molecule has 3 aromatic heterocycles. The lowest BCUT2D eigenvalue weighted by molar-refractivity contribution is -0.0498. The Morgan fingerprint density at radius 2 is 1.80 bits per heavy atom. The zero-order valence-corrected chi connectivity index (χ0v) is 15.5. The van der Waals surface area contributed by atoms with Gasteiger partial charge in [-0.2, -0.15) is 8.78 Å². The molecule has 4 aromatic rings. The number of nitrogens with one attached hydrogen (secondary N) is 1. The van der Waals surface area contributed by atoms with Gasteiger partial charge in [-0.15, -0.1) is 0 Å². The van der Waals surface area contributed by atoms with Crippen LogP contribution in [0.2, 0.25) is 0 Å². The highest BCUT2D eigenvalue weighted by Gasteiger charge is 2.12. The molecule has 0 saturated carbocycles. The van der Waals surface area contributed by atoms with E-state index in [0.717, 1.165) is 22.6 Å². The van der Waals surface area contributed by atoms with Crippen LogP contribution in [0.3, 0.4) is 0 Å². The molecule has 5 rings (SSSR count). The summed E-state index contributed by atoms with van der Waals surface area (Å²) in [7, 11) is 0. The number of imidazole rings is 1. The maximum atomic E-state index is 12.3. The molecule has 6 nitrogen and oxygen atoms in total. The summed E-state index contributed by atoms with van der Waals surface area (Å²) in [5, 5.41) is 3.12. The fourth-order valence-electron chi connectivity index (χ4n) is 3.14. The van der Waals surface area contributed by atoms with Gasteiger partial charge in [0.2, 0.25) is 0 Å². The van der Waals surface area contributed by atoms with Crippen molar-refractivity contribution in [3.8, 4) is 17.1 Å². The highest BCUT2D eigenvalue weighted by atomic mass is 19.3. The minimum absolute atomic E-state index is 0.0920. The first-order chi connectivity index (χ1) is 14.7. The number of halogens is 2. The first-order valence-corrected chi connectivity index (χ1v) is 9.17. The molecule has 8 heteroatoms. The summed E-state index contributed by atoms with van der Waals surface area (Å²) in [5.74, 6) is 0.617. The Labute approximate surface area is 170 Å². The van der Waals surface area contributed by atoms with Crippen molar-refractivity contribution in [2.45, 2.75) is 6.61 Å². The van der Waals surface area contributed by atoms with E-state index < -0.39 is 6.61 Å². The van der Waals surface area contributed by atoms with E-state index in [4.69, 9.17) is 0 Å². The second kappa shape index (κ2) is 7.40. The van der Waals surface area contributed by atoms with Crippen molar-refractivity contribution in [2.75, 3.05) is 5.32 Å². The molecule has 0 unspecified atom stereocenters. The standard InChI is InChI=1S/C22H15F2N5O/c23-22(24)30-16-9-7-15(8-10-16)26-20-12-25-11-17(27-20)19-5-2-6-21-28-18(13-29(19)21)14-3-1-4-14/h1-13,22H,(H,26,27). The number of allylic oxidation sites excluding steroid dienone is 4. The average molecular weight is 403 g/mol. The summed E-state index contributed by atoms with van der Waals surface area (Å²) >= 11 is 0. The second-order valence-electron chi connectivity index (χ2n) is 6.56. The van der Waals surface area contributed by atoms with Gasteiger partial charge in [0.05, 0.1) is 23.8 Å². The number of aromatic nitrogens is 4. The Hall–Kier alpha value is -4.07. The summed E-state index contributed by atoms with van der Waals surface area (Å²) in [6.45, 7) is -2.85. The molecule has 0 saturated heterocycles. The quantitative estimate of drug-likeness (QED) is 0.486. The first kappa shape index (κ1) is 18.0. The monoisotopic (exact) mass is 403 g/mol. The third kappa shape index (κ3) is 3.50. The van der Waals surface area contributed by atoms with Gasteiger partial charge < -0.3 is 10.1 Å². The van der Waals surface area contributed by atoms with E-state index in [2.05, 4.69) is 25.0 Å². The molecule has 148 valence electrons. The van der Waals surface area contributed by atoms with Crippen LogP contribution >= 0.6 is 0 Å². The fourth-order valence-corrected chi connectivity index (χ4v) is 3.14. The maximum Gasteiger partial charge on any atom is 0.387 e. The predicted molar refractivity (Wildman–Crippen MR) is 110 cm³/mol. The Morgan fingerprint density at radius 3 is 2.53 bits per heavy atom. The van der Waals surface area contributed by atoms with Crippen molar-refractivity contribution in [2.24, 2.45) is 0 Å². The number of nitrogens with zero attached hydrogens (tertiary/aromatic N) is 4. The number of hydrogen-bond acceptors (Lipinski definition) is 5. The topological polar surface area (TPSA) is 64.3 Å². The maximum absolute atomic E-state index is 12.3. The van der Waals surface area contributed by atoms with Crippen LogP contribution in [0.1, 0.15) is 5.69 Å². The summed E-state index contributed by atoms with van der Waals surface area (Å²) < 4.78 is 30.9. The molecule has 1 aromatic carbocycles. The Bertz CT molecular complexity index is 1280. The van der Waals surface area contributed by atoms with Crippen LogP contribution < -0.4 is 10.1 Å². The normalized spacial score (nSPS) is 12.7. The number of pyridine rings is 1. The summed E-state index contributed by atoms with van der Waals surface area (Å²) in [6.07, 6.45) is 11.3. The number of fused-ring (bicyclic) bond motifs is 1. The molecule has 1 aliphatic carbocycles. The lowest BCUT2D eigenvalue weighted by Gasteiger charge is -2.09. The number of alkyl halides is 2. The van der Waals surface area contributed by atoms with Gasteiger partial charge in [-0.05, 0) is 36.4 Å². The smallest absolute Gasteiger partial charge is 0.387 e. The van der Waals surface area contributed by atoms with Gasteiger partial charge in [0.15, 0.2) is 0 Å². The molecule has 1 N–H and O–H groups in total. The molecule has 0 amide bonds. The lowest BCUT2D eigenvalue weighted by atomic mass is 10.1. The van der Waals surface area contributed by atoms with Crippen LogP contribution in [0.25, 0.3) is 22.6 Å². The largest absolute Gasteiger partial charge is 0.435 e. The van der Waals surface area contributed by atoms with E-state index in [0.29, 0.717) is 17.2 Å². The SMILES string of the molecule is FC(F)Oc1ccc(Nc2cncc(-c3cccc4nc(C5=CC=C5)cn34)n2)cc1. The molecule has 0 aliphatic heterocycles. The number of ether oxygens (including phenoxy) is 1. The molecule has 0 spiro atoms. The van der Waals surface area contributed by atoms with Crippen LogP contribution in [-0.4, -0.2) is 26.0 Å². The third-order valence-electron chi connectivity index (χ3n) is 4.59. The van der Waals surface area contributed by atoms with Gasteiger partial charge >= 0.3 is 6.61 Å². The van der Waals surface area contributed by atoms with Gasteiger partial charge in [-0.3, -0.25) is 9.38 Å². The van der Waals surface area contributed by atoms with E-state index in [1.165, 1.54) is 12.1 Å². The van der Waals surface area contributed by atoms with E-state index in [1.54, 1.807) is 24.5 Å². The van der Waals surface area contributed by atoms with Gasteiger partial charge in [-0.25, -0.2) is 9.97 Å². The Morgan fingerprint density at radius 1 is 0.967 bits per heavy atom. The average Bonchev–Trinajstić information content (AvgIpc) is 3.11. The zero-order valence-electron chi connectivity index (χ0n) is 15.5. The van der Waals surface area contributed by atoms with E-state index >= 15 is 0 Å². The molecule has 30 heavy (non-hydrogen) atoms. The van der Waals surface area contributed by atoms with Crippen molar-refractivity contribution >= 4 is 22.7 Å². The van der Waals surface area contributed by atoms with Crippen molar-refractivity contribution in [1.29, 1.82) is 0 Å². The molecule has 1 aliphatic rings. The van der Waals surface area contributed by atoms with Gasteiger partial charge in [0.1, 0.15) is 22.9 Å². The van der Waals surface area contributed by atoms with Crippen molar-refractivity contribution < 1.29 is 13.5 Å². The van der Waals surface area contributed by atoms with Gasteiger partial charge in [0, 0.05) is 17.5 Å². The van der Waals surface area contributed by atoms with Crippen LogP contribution in [0.4, 0.5) is 20.3 Å². The Balaban J connectivity index is 1.43. The number of hydrogen-bond donors (Lipinski definition) is 1. The van der Waals surface area contributed by atoms with Crippen LogP contribution in [0.5, 0.6) is 5.75 Å². The molecule has 3 heterocycles. The second-order valence-corrected chi connectivity index (χ2v) is 6.56. The molecule has 0 atom stereocenters. The molecule has 0 radical (unpaired) electrons. The molecule has 0 bridgehead atoms. The summed E-state index contributed by atoms with van der Waals surface area (Å²) in [5.41, 5.74) is 5.01. The van der Waals surface area contributed by atoms with Gasteiger partial charge in [-0.1, -0.05) is 24.3 Å². The molecular formula is C22H15F2N5O. The van der Waals surface area contributed by atoms with E-state index in [9.17, 15) is 8.78 Å². The number of benzene rings is 1. The van der Waals surface area contributed by atoms with Crippen molar-refractivity contribution in [3.05, 3.63) is 85.0 Å². The number of anilines is 2. The van der Waals surface area contributed by atoms with Crippen molar-refractivity contribution in [3.63, 3.8) is 0 Å². The van der Waals surface area contributed by atoms with Crippen LogP contribution in [0.15, 0.2) is 79.3 Å². The minimum Gasteiger partial charge on any atom is -0.435 e. The zero-order chi connectivity index (χ0) is 20.5. The van der Waals surface area contributed by atoms with Crippen LogP contribution in [0, 0.1) is 0 Å². The van der Waals surface area contributed by atoms with Crippen molar-refractivity contribution in [1.82, 2.24) is 19.4 Å². The first-order valence-electron chi connectivity index (χ1n) is 9.17. The molecule has 0 fully saturated rings. The third-order valence-corrected chi connectivity index (χ3v) is 4.59. The summed E-state index contributed by atoms with van der Waals surface area (Å²) in [4.78, 5) is 13.6.